The fraction of sp³-hybridized carbons (Fsp3) is 0.143. The molecule has 0 fully saturated rings. The molecule has 0 atom stereocenters. The summed E-state index contributed by atoms with van der Waals surface area (Å²) in [6, 6.07) is 11.1. The lowest BCUT2D eigenvalue weighted by Gasteiger charge is -2.07. The van der Waals surface area contributed by atoms with Crippen LogP contribution in [0.4, 0.5) is 11.4 Å². The van der Waals surface area contributed by atoms with E-state index in [9.17, 15) is 20.2 Å². The molecule has 1 aromatic heterocycles. The Hall–Kier alpha value is -3.92. The number of nitro benzene ring substituents is 2. The van der Waals surface area contributed by atoms with E-state index in [1.165, 1.54) is 29.5 Å². The number of non-ortho nitro benzene ring substituents is 1. The summed E-state index contributed by atoms with van der Waals surface area (Å²) in [6.07, 6.45) is 1.66. The largest absolute Gasteiger partial charge is 0.272 e. The third-order valence-electron chi connectivity index (χ3n) is 4.49. The Balaban J connectivity index is 2.13. The topological polar surface area (TPSA) is 116 Å². The number of nitro groups is 2. The highest BCUT2D eigenvalue weighted by molar-refractivity contribution is 7.07. The molecule has 0 aliphatic carbocycles. The Labute approximate surface area is 181 Å². The lowest BCUT2D eigenvalue weighted by molar-refractivity contribution is -0.385. The first-order chi connectivity index (χ1) is 14.8. The second-order valence-electron chi connectivity index (χ2n) is 6.59. The summed E-state index contributed by atoms with van der Waals surface area (Å²) in [6.45, 7) is 7.51. The van der Waals surface area contributed by atoms with Gasteiger partial charge in [-0.05, 0) is 26.0 Å². The summed E-state index contributed by atoms with van der Waals surface area (Å²) >= 11 is 1.37. The molecule has 0 bridgehead atoms. The Morgan fingerprint density at radius 2 is 1.87 bits per heavy atom. The van der Waals surface area contributed by atoms with Gasteiger partial charge in [0.25, 0.3) is 11.4 Å². The first kappa shape index (κ1) is 21.8. The van der Waals surface area contributed by atoms with E-state index in [-0.39, 0.29) is 11.4 Å². The molecule has 0 aliphatic heterocycles. The molecule has 2 aromatic carbocycles. The van der Waals surface area contributed by atoms with Crippen LogP contribution in [-0.2, 0) is 0 Å². The van der Waals surface area contributed by atoms with Gasteiger partial charge in [0, 0.05) is 40.3 Å². The molecule has 10 heteroatoms. The minimum atomic E-state index is -0.455. The summed E-state index contributed by atoms with van der Waals surface area (Å²) in [4.78, 5) is 26.4. The van der Waals surface area contributed by atoms with Crippen LogP contribution in [-0.4, -0.2) is 26.8 Å². The summed E-state index contributed by atoms with van der Waals surface area (Å²) in [7, 11) is 0. The molecule has 0 radical (unpaired) electrons. The first-order valence-corrected chi connectivity index (χ1v) is 10.1. The number of rotatable bonds is 7. The number of hydrogen-bond donors (Lipinski definition) is 0. The van der Waals surface area contributed by atoms with Gasteiger partial charge in [0.1, 0.15) is 0 Å². The average molecular weight is 437 g/mol. The van der Waals surface area contributed by atoms with Gasteiger partial charge in [0.05, 0.1) is 27.8 Å². The van der Waals surface area contributed by atoms with Gasteiger partial charge in [-0.25, -0.2) is 4.68 Å². The Morgan fingerprint density at radius 3 is 2.48 bits per heavy atom. The van der Waals surface area contributed by atoms with Crippen LogP contribution in [0.1, 0.15) is 18.1 Å². The van der Waals surface area contributed by atoms with Crippen molar-refractivity contribution in [2.24, 2.45) is 10.1 Å². The van der Waals surface area contributed by atoms with Gasteiger partial charge in [-0.1, -0.05) is 18.2 Å². The van der Waals surface area contributed by atoms with Crippen LogP contribution in [0.3, 0.4) is 0 Å². The molecule has 0 unspecified atom stereocenters. The Bertz CT molecular complexity index is 1260. The predicted octanol–water partition coefficient (Wildman–Crippen LogP) is 4.70. The summed E-state index contributed by atoms with van der Waals surface area (Å²) in [5.74, 6) is 0. The molecule has 0 aliphatic rings. The molecular formula is C21H19N5O4S. The molecule has 3 rings (SSSR count). The molecule has 1 heterocycles. The number of hydrogen-bond acceptors (Lipinski definition) is 7. The van der Waals surface area contributed by atoms with Crippen molar-refractivity contribution in [1.29, 1.82) is 0 Å². The highest BCUT2D eigenvalue weighted by Gasteiger charge is 2.14. The van der Waals surface area contributed by atoms with Crippen LogP contribution in [0, 0.1) is 27.2 Å². The maximum Gasteiger partial charge on any atom is 0.272 e. The Morgan fingerprint density at radius 1 is 1.16 bits per heavy atom. The third kappa shape index (κ3) is 4.81. The van der Waals surface area contributed by atoms with E-state index >= 15 is 0 Å². The highest BCUT2D eigenvalue weighted by atomic mass is 32.1. The summed E-state index contributed by atoms with van der Waals surface area (Å²) in [5, 5.41) is 28.8. The smallest absolute Gasteiger partial charge is 0.258 e. The number of nitrogens with zero attached hydrogens (tertiary/aromatic N) is 5. The van der Waals surface area contributed by atoms with Gasteiger partial charge < -0.3 is 0 Å². The first-order valence-electron chi connectivity index (χ1n) is 9.19. The average Bonchev–Trinajstić information content (AvgIpc) is 3.14. The van der Waals surface area contributed by atoms with E-state index in [1.54, 1.807) is 48.9 Å². The summed E-state index contributed by atoms with van der Waals surface area (Å²) in [5.41, 5.74) is 3.18. The van der Waals surface area contributed by atoms with Crippen molar-refractivity contribution in [3.05, 3.63) is 96.7 Å². The van der Waals surface area contributed by atoms with E-state index in [0.717, 1.165) is 5.56 Å². The molecular weight excluding hydrogens is 418 g/mol. The maximum absolute atomic E-state index is 11.3. The molecule has 0 saturated carbocycles. The molecule has 0 amide bonds. The number of aryl methyl sites for hydroxylation is 1. The zero-order chi connectivity index (χ0) is 22.5. The van der Waals surface area contributed by atoms with Crippen molar-refractivity contribution in [3.63, 3.8) is 0 Å². The molecule has 0 N–H and O–H groups in total. The van der Waals surface area contributed by atoms with Crippen LogP contribution in [0.25, 0.3) is 11.3 Å². The second-order valence-corrected chi connectivity index (χ2v) is 7.43. The van der Waals surface area contributed by atoms with Crippen LogP contribution < -0.4 is 4.80 Å². The fourth-order valence-electron chi connectivity index (χ4n) is 2.84. The van der Waals surface area contributed by atoms with Crippen molar-refractivity contribution >= 4 is 28.4 Å². The molecule has 0 saturated heterocycles. The zero-order valence-electron chi connectivity index (χ0n) is 16.9. The van der Waals surface area contributed by atoms with Gasteiger partial charge in [0.2, 0.25) is 4.80 Å². The van der Waals surface area contributed by atoms with Crippen molar-refractivity contribution in [2.75, 3.05) is 6.54 Å². The molecule has 3 aromatic rings. The van der Waals surface area contributed by atoms with E-state index < -0.39 is 9.85 Å². The normalized spacial score (nSPS) is 12.1. The van der Waals surface area contributed by atoms with Crippen LogP contribution in [0.5, 0.6) is 0 Å². The van der Waals surface area contributed by atoms with Crippen molar-refractivity contribution in [2.45, 2.75) is 13.8 Å². The third-order valence-corrected chi connectivity index (χ3v) is 5.34. The number of benzene rings is 2. The van der Waals surface area contributed by atoms with Crippen LogP contribution in [0.15, 0.2) is 70.6 Å². The maximum atomic E-state index is 11.3. The van der Waals surface area contributed by atoms with Crippen LogP contribution in [0.2, 0.25) is 0 Å². The molecule has 158 valence electrons. The van der Waals surface area contributed by atoms with E-state index in [0.29, 0.717) is 33.9 Å². The number of aromatic nitrogens is 1. The quantitative estimate of drug-likeness (QED) is 0.230. The SMILES string of the molecule is C=CCN=c1scc(-c2ccc([N+](=O)[O-])cc2)n1N=C(C)c1ccc(C)c([N+](=O)[O-])c1. The zero-order valence-corrected chi connectivity index (χ0v) is 17.7. The molecule has 9 nitrogen and oxygen atoms in total. The van der Waals surface area contributed by atoms with Gasteiger partial charge >= 0.3 is 0 Å². The molecule has 31 heavy (non-hydrogen) atoms. The minimum Gasteiger partial charge on any atom is -0.258 e. The standard InChI is InChI=1S/C21H19N5O4S/c1-4-11-22-21-24(20(13-31-21)16-7-9-18(10-8-16)25(27)28)23-15(3)17-6-5-14(2)19(12-17)26(29)30/h4-10,12-13H,1,11H2,2-3H3. The lowest BCUT2D eigenvalue weighted by atomic mass is 10.1. The van der Waals surface area contributed by atoms with Crippen molar-refractivity contribution < 1.29 is 9.85 Å². The Kier molecular flexibility index (Phi) is 6.51. The van der Waals surface area contributed by atoms with Gasteiger partial charge in [-0.3, -0.25) is 25.2 Å². The second kappa shape index (κ2) is 9.26. The van der Waals surface area contributed by atoms with Crippen LogP contribution >= 0.6 is 11.3 Å². The number of thiazole rings is 1. The fourth-order valence-corrected chi connectivity index (χ4v) is 3.68. The monoisotopic (exact) mass is 437 g/mol. The lowest BCUT2D eigenvalue weighted by Crippen LogP contribution is -2.14. The predicted molar refractivity (Wildman–Crippen MR) is 120 cm³/mol. The van der Waals surface area contributed by atoms with Crippen molar-refractivity contribution in [3.8, 4) is 11.3 Å². The van der Waals surface area contributed by atoms with E-state index in [1.807, 2.05) is 5.38 Å². The van der Waals surface area contributed by atoms with Gasteiger partial charge in [-0.15, -0.1) is 17.9 Å². The van der Waals surface area contributed by atoms with Gasteiger partial charge in [0.15, 0.2) is 0 Å². The molecule has 0 spiro atoms. The van der Waals surface area contributed by atoms with Gasteiger partial charge in [-0.2, -0.15) is 5.10 Å². The highest BCUT2D eigenvalue weighted by Crippen LogP contribution is 2.24. The summed E-state index contributed by atoms with van der Waals surface area (Å²) < 4.78 is 1.64. The van der Waals surface area contributed by atoms with E-state index in [2.05, 4.69) is 16.7 Å². The van der Waals surface area contributed by atoms with Crippen molar-refractivity contribution in [1.82, 2.24) is 4.68 Å². The minimum absolute atomic E-state index is 0.00579. The van der Waals surface area contributed by atoms with E-state index in [4.69, 9.17) is 0 Å².